The van der Waals surface area contributed by atoms with Gasteiger partial charge in [0.25, 0.3) is 0 Å². The van der Waals surface area contributed by atoms with Gasteiger partial charge in [0, 0.05) is 45.7 Å². The van der Waals surface area contributed by atoms with E-state index in [1.165, 1.54) is 199 Å². The van der Waals surface area contributed by atoms with Crippen molar-refractivity contribution >= 4 is 18.7 Å². The van der Waals surface area contributed by atoms with Crippen molar-refractivity contribution in [3.05, 3.63) is 0 Å². The minimum absolute atomic E-state index is 0.0198. The molecular weight excluding hydrogens is 819 g/mol. The number of carbonyl (C=O) groups is 3. The van der Waals surface area contributed by atoms with Crippen LogP contribution in [0, 0.1) is 0 Å². The molecule has 1 saturated heterocycles. The lowest BCUT2D eigenvalue weighted by Crippen LogP contribution is -2.43. The summed E-state index contributed by atoms with van der Waals surface area (Å²) in [5.74, 6) is -0.0198. The van der Waals surface area contributed by atoms with Gasteiger partial charge in [-0.05, 0) is 91.3 Å². The summed E-state index contributed by atoms with van der Waals surface area (Å²) >= 11 is 0. The van der Waals surface area contributed by atoms with E-state index < -0.39 is 0 Å². The number of rotatable bonds is 47. The smallest absolute Gasteiger partial charge is 0.305 e. The minimum Gasteiger partial charge on any atom is -0.466 e. The maximum Gasteiger partial charge on any atom is 0.305 e. The van der Waals surface area contributed by atoms with E-state index in [9.17, 15) is 14.4 Å². The van der Waals surface area contributed by atoms with Crippen molar-refractivity contribution in [3.63, 3.8) is 0 Å². The Bertz CT molecular complexity index is 947. The zero-order valence-corrected chi connectivity index (χ0v) is 45.8. The molecule has 0 aromatic rings. The minimum atomic E-state index is -0.0198. The van der Waals surface area contributed by atoms with Gasteiger partial charge in [-0.25, -0.2) is 0 Å². The molecule has 394 valence electrons. The first-order valence-corrected chi connectivity index (χ1v) is 29.0. The first-order chi connectivity index (χ1) is 32.3. The van der Waals surface area contributed by atoms with Crippen LogP contribution in [0.3, 0.4) is 0 Å². The molecule has 0 aromatic carbocycles. The molecule has 0 radical (unpaired) electrons. The van der Waals surface area contributed by atoms with Crippen molar-refractivity contribution in [2.24, 2.45) is 0 Å². The quantitative estimate of drug-likeness (QED) is 0.0339. The van der Waals surface area contributed by atoms with E-state index in [0.29, 0.717) is 19.6 Å². The predicted molar refractivity (Wildman–Crippen MR) is 288 cm³/mol. The molecule has 66 heavy (non-hydrogen) atoms. The predicted octanol–water partition coefficient (Wildman–Crippen LogP) is 14.0. The first-order valence-electron chi connectivity index (χ1n) is 29.0. The van der Waals surface area contributed by atoms with E-state index in [1.807, 2.05) is 0 Å². The van der Waals surface area contributed by atoms with Crippen molar-refractivity contribution in [1.29, 1.82) is 0 Å². The van der Waals surface area contributed by atoms with E-state index in [0.717, 1.165) is 97.3 Å². The molecule has 9 heteroatoms. The molecular formula is C57H117N5O4. The number of hydrogen-bond acceptors (Lipinski definition) is 8. The average Bonchev–Trinajstić information content (AvgIpc) is 3.33. The maximum absolute atomic E-state index is 11.5. The third-order valence-electron chi connectivity index (χ3n) is 13.4. The van der Waals surface area contributed by atoms with Crippen molar-refractivity contribution in [1.82, 2.24) is 24.5 Å². The van der Waals surface area contributed by atoms with E-state index in [4.69, 9.17) is 4.74 Å². The molecule has 0 spiro atoms. The van der Waals surface area contributed by atoms with Crippen LogP contribution in [0.5, 0.6) is 0 Å². The molecule has 9 nitrogen and oxygen atoms in total. The lowest BCUT2D eigenvalue weighted by molar-refractivity contribution is -0.143. The number of aldehydes is 1. The van der Waals surface area contributed by atoms with Crippen LogP contribution in [-0.2, 0) is 19.1 Å². The highest BCUT2D eigenvalue weighted by Gasteiger charge is 2.12. The Morgan fingerprint density at radius 1 is 0.424 bits per heavy atom. The maximum atomic E-state index is 11.5. The van der Waals surface area contributed by atoms with Gasteiger partial charge in [-0.15, -0.1) is 0 Å². The van der Waals surface area contributed by atoms with Crippen LogP contribution in [0.4, 0.5) is 0 Å². The van der Waals surface area contributed by atoms with E-state index in [1.54, 1.807) is 4.90 Å². The Kier molecular flexibility index (Phi) is 56.5. The molecule has 0 aliphatic carbocycles. The molecule has 0 aromatic heterocycles. The number of ether oxygens (including phenoxy) is 1. The number of likely N-dealkylation sites (N-methyl/N-ethyl adjacent to an activating group) is 1. The standard InChI is InChI=1S/C31H64N2O.C20H41NO2.C6H12N2O/c1-4-7-10-13-16-19-22-25-32(26-23-20-17-14-11-8-5-2)28-29-33(30-31-34)27-24-21-18-15-12-9-6-3;1-4-7-9-10-11-12-14-17-21(6-3)18-15-13-16-20(22)23-19-8-5-2;1-7-2-4-8(6-9)5-3-7/h31H,4-30H2,1-3H3;4-19H2,1-3H3;6H,2-5H2,1H3. The number of nitrogens with zero attached hydrogens (tertiary/aromatic N) is 5. The Labute approximate surface area is 413 Å². The highest BCUT2D eigenvalue weighted by Crippen LogP contribution is 2.13. The summed E-state index contributed by atoms with van der Waals surface area (Å²) in [4.78, 5) is 44.6. The molecule has 0 N–H and O–H groups in total. The first kappa shape index (κ1) is 66.5. The third kappa shape index (κ3) is 50.3. The zero-order chi connectivity index (χ0) is 48.8. The van der Waals surface area contributed by atoms with Gasteiger partial charge in [0.2, 0.25) is 6.41 Å². The lowest BCUT2D eigenvalue weighted by Gasteiger charge is -2.29. The molecule has 1 aliphatic heterocycles. The van der Waals surface area contributed by atoms with Crippen molar-refractivity contribution in [2.45, 2.75) is 253 Å². The number of piperazine rings is 1. The molecule has 1 aliphatic rings. The SMILES string of the molecule is CCCCCCCCCN(CC)CCCCC(=O)OCCCC.CCCCCCCCCN(CC=O)CCN(CCCCCCCCC)CCCCCCCCC.CN1CCN(C=O)CC1. The number of unbranched alkanes of at least 4 members (excludes halogenated alkanes) is 26. The van der Waals surface area contributed by atoms with Crippen LogP contribution in [0.25, 0.3) is 0 Å². The highest BCUT2D eigenvalue weighted by atomic mass is 16.5. The lowest BCUT2D eigenvalue weighted by atomic mass is 10.1. The van der Waals surface area contributed by atoms with Crippen molar-refractivity contribution < 1.29 is 19.1 Å². The molecule has 1 amide bonds. The summed E-state index contributed by atoms with van der Waals surface area (Å²) in [5.41, 5.74) is 0. The topological polar surface area (TPSA) is 76.6 Å². The van der Waals surface area contributed by atoms with Gasteiger partial charge >= 0.3 is 5.97 Å². The molecule has 0 saturated carbocycles. The molecule has 1 fully saturated rings. The zero-order valence-electron chi connectivity index (χ0n) is 45.8. The monoisotopic (exact) mass is 936 g/mol. The largest absolute Gasteiger partial charge is 0.466 e. The normalized spacial score (nSPS) is 12.9. The van der Waals surface area contributed by atoms with Crippen molar-refractivity contribution in [3.8, 4) is 0 Å². The van der Waals surface area contributed by atoms with Gasteiger partial charge in [0.15, 0.2) is 0 Å². The average molecular weight is 937 g/mol. The molecule has 1 heterocycles. The van der Waals surface area contributed by atoms with Gasteiger partial charge in [-0.3, -0.25) is 14.5 Å². The summed E-state index contributed by atoms with van der Waals surface area (Å²) in [6.45, 7) is 27.7. The number of esters is 1. The third-order valence-corrected chi connectivity index (χ3v) is 13.4. The van der Waals surface area contributed by atoms with Crippen LogP contribution in [0.1, 0.15) is 253 Å². The molecule has 1 rings (SSSR count). The van der Waals surface area contributed by atoms with Gasteiger partial charge in [-0.1, -0.05) is 202 Å². The van der Waals surface area contributed by atoms with E-state index in [-0.39, 0.29) is 5.97 Å². The molecule has 0 unspecified atom stereocenters. The van der Waals surface area contributed by atoms with E-state index in [2.05, 4.69) is 68.2 Å². The fourth-order valence-corrected chi connectivity index (χ4v) is 8.55. The fourth-order valence-electron chi connectivity index (χ4n) is 8.55. The van der Waals surface area contributed by atoms with Gasteiger partial charge < -0.3 is 29.1 Å². The van der Waals surface area contributed by atoms with E-state index >= 15 is 0 Å². The number of amides is 1. The molecule has 0 bridgehead atoms. The highest BCUT2D eigenvalue weighted by molar-refractivity contribution is 5.69. The second-order valence-electron chi connectivity index (χ2n) is 19.7. The summed E-state index contributed by atoms with van der Waals surface area (Å²) in [6, 6.07) is 0. The fraction of sp³-hybridized carbons (Fsp3) is 0.947. The Morgan fingerprint density at radius 3 is 1.15 bits per heavy atom. The van der Waals surface area contributed by atoms with Crippen LogP contribution >= 0.6 is 0 Å². The summed E-state index contributed by atoms with van der Waals surface area (Å²) in [7, 11) is 2.07. The number of carbonyl (C=O) groups excluding carboxylic acids is 3. The van der Waals surface area contributed by atoms with Gasteiger partial charge in [0.05, 0.1) is 13.2 Å². The summed E-state index contributed by atoms with van der Waals surface area (Å²) < 4.78 is 5.18. The second kappa shape index (κ2) is 56.0. The van der Waals surface area contributed by atoms with Crippen LogP contribution in [-0.4, -0.2) is 142 Å². The second-order valence-corrected chi connectivity index (χ2v) is 19.7. The van der Waals surface area contributed by atoms with Crippen LogP contribution in [0.2, 0.25) is 0 Å². The van der Waals surface area contributed by atoms with Gasteiger partial charge in [-0.2, -0.15) is 0 Å². The van der Waals surface area contributed by atoms with Crippen LogP contribution in [0.15, 0.2) is 0 Å². The Morgan fingerprint density at radius 2 is 0.773 bits per heavy atom. The Hall–Kier alpha value is -1.55. The number of hydrogen-bond donors (Lipinski definition) is 0. The summed E-state index contributed by atoms with van der Waals surface area (Å²) in [6.07, 6.45) is 45.1. The van der Waals surface area contributed by atoms with Crippen LogP contribution < -0.4 is 0 Å². The Balaban J connectivity index is 0. The van der Waals surface area contributed by atoms with Crippen molar-refractivity contribution in [2.75, 3.05) is 98.7 Å². The summed E-state index contributed by atoms with van der Waals surface area (Å²) in [5, 5.41) is 0. The van der Waals surface area contributed by atoms with Gasteiger partial charge in [0.1, 0.15) is 6.29 Å². The molecule has 0 atom stereocenters.